The smallest absolute Gasteiger partial charge is 0.423 e. The zero-order valence-corrected chi connectivity index (χ0v) is 31.4. The molecule has 14 heteroatoms. The van der Waals surface area contributed by atoms with Crippen LogP contribution < -0.4 is 9.47 Å². The highest BCUT2D eigenvalue weighted by molar-refractivity contribution is 6.47. The summed E-state index contributed by atoms with van der Waals surface area (Å²) < 4.78 is 21.4. The molecule has 0 heterocycles. The summed E-state index contributed by atoms with van der Waals surface area (Å²) in [5.74, 6) is -5.55. The summed E-state index contributed by atoms with van der Waals surface area (Å²) in [5.41, 5.74) is -0.770. The van der Waals surface area contributed by atoms with Crippen molar-refractivity contribution in [1.82, 2.24) is 0 Å². The lowest BCUT2D eigenvalue weighted by Gasteiger charge is -2.45. The Bertz CT molecular complexity index is 1480. The predicted molar refractivity (Wildman–Crippen MR) is 186 cm³/mol. The molecule has 48 heavy (non-hydrogen) atoms. The van der Waals surface area contributed by atoms with Gasteiger partial charge >= 0.3 is 23.9 Å². The molecule has 2 saturated carbocycles. The fraction of sp³-hybridized carbons (Fsp3) is 0.529. The molecule has 0 aliphatic heterocycles. The zero-order chi connectivity index (χ0) is 35.6. The van der Waals surface area contributed by atoms with Crippen molar-refractivity contribution >= 4 is 93.5 Å². The van der Waals surface area contributed by atoms with E-state index in [9.17, 15) is 19.2 Å². The molecular weight excluding hydrogens is 749 g/mol. The highest BCUT2D eigenvalue weighted by atomic mass is 35.5. The first-order chi connectivity index (χ1) is 22.5. The largest absolute Gasteiger partial charge is 0.462 e. The molecule has 0 aromatic heterocycles. The molecule has 0 atom stereocenters. The van der Waals surface area contributed by atoms with Crippen molar-refractivity contribution in [2.75, 3.05) is 13.2 Å². The monoisotopic (exact) mass is 782 g/mol. The summed E-state index contributed by atoms with van der Waals surface area (Å²) in [6, 6.07) is 2.27. The molecule has 2 fully saturated rings. The van der Waals surface area contributed by atoms with Gasteiger partial charge in [0.1, 0.15) is 11.1 Å². The minimum atomic E-state index is -1.64. The van der Waals surface area contributed by atoms with Gasteiger partial charge in [0.05, 0.1) is 43.3 Å². The Kier molecular flexibility index (Phi) is 12.9. The lowest BCUT2D eigenvalue weighted by molar-refractivity contribution is -0.156. The van der Waals surface area contributed by atoms with E-state index in [2.05, 4.69) is 27.7 Å². The van der Waals surface area contributed by atoms with Gasteiger partial charge in [0.15, 0.2) is 11.5 Å². The number of hydrogen-bond acceptors (Lipinski definition) is 8. The Labute approximate surface area is 309 Å². The summed E-state index contributed by atoms with van der Waals surface area (Å²) in [6.07, 6.45) is 7.56. The summed E-state index contributed by atoms with van der Waals surface area (Å²) in [6.45, 7) is 8.64. The van der Waals surface area contributed by atoms with Crippen molar-refractivity contribution in [3.63, 3.8) is 0 Å². The molecular formula is C34H36Cl6O8. The number of rotatable bonds is 12. The van der Waals surface area contributed by atoms with Gasteiger partial charge < -0.3 is 18.9 Å². The van der Waals surface area contributed by atoms with Gasteiger partial charge in [-0.25, -0.2) is 19.2 Å². The molecule has 0 spiro atoms. The molecule has 0 unspecified atom stereocenters. The Morgan fingerprint density at radius 3 is 1.21 bits per heavy atom. The predicted octanol–water partition coefficient (Wildman–Crippen LogP) is 10.9. The van der Waals surface area contributed by atoms with E-state index >= 15 is 0 Å². The Morgan fingerprint density at radius 2 is 0.938 bits per heavy atom. The van der Waals surface area contributed by atoms with Crippen LogP contribution in [0.15, 0.2) is 12.1 Å². The molecule has 0 bridgehead atoms. The van der Waals surface area contributed by atoms with E-state index in [1.165, 1.54) is 0 Å². The number of esters is 4. The lowest BCUT2D eigenvalue weighted by atomic mass is 9.60. The number of ether oxygens (including phenoxy) is 4. The summed E-state index contributed by atoms with van der Waals surface area (Å²) in [4.78, 5) is 52.5. The van der Waals surface area contributed by atoms with E-state index in [1.807, 2.05) is 0 Å². The van der Waals surface area contributed by atoms with Gasteiger partial charge in [0, 0.05) is 0 Å². The highest BCUT2D eigenvalue weighted by Crippen LogP contribution is 2.51. The van der Waals surface area contributed by atoms with Gasteiger partial charge in [0.2, 0.25) is 0 Å². The second kappa shape index (κ2) is 15.9. The first-order valence-electron chi connectivity index (χ1n) is 15.7. The first-order valence-corrected chi connectivity index (χ1v) is 17.9. The van der Waals surface area contributed by atoms with Crippen LogP contribution in [0.1, 0.15) is 99.8 Å². The summed E-state index contributed by atoms with van der Waals surface area (Å²) in [7, 11) is 0. The molecule has 0 N–H and O–H groups in total. The van der Waals surface area contributed by atoms with Crippen molar-refractivity contribution in [3.05, 3.63) is 53.4 Å². The molecule has 2 aliphatic rings. The van der Waals surface area contributed by atoms with Crippen LogP contribution in [-0.4, -0.2) is 37.1 Å². The maximum absolute atomic E-state index is 13.2. The molecule has 2 aromatic rings. The third-order valence-corrected chi connectivity index (χ3v) is 12.2. The number of benzene rings is 2. The normalized spacial score (nSPS) is 16.2. The molecule has 0 radical (unpaired) electrons. The first kappa shape index (κ1) is 38.9. The van der Waals surface area contributed by atoms with Gasteiger partial charge in [-0.2, -0.15) is 0 Å². The van der Waals surface area contributed by atoms with E-state index in [0.29, 0.717) is 24.7 Å². The van der Waals surface area contributed by atoms with Crippen molar-refractivity contribution in [2.24, 2.45) is 22.7 Å². The molecule has 8 nitrogen and oxygen atoms in total. The van der Waals surface area contributed by atoms with Crippen LogP contribution in [0, 0.1) is 22.7 Å². The van der Waals surface area contributed by atoms with E-state index in [0.717, 1.165) is 50.7 Å². The minimum Gasteiger partial charge on any atom is -0.462 e. The molecule has 2 aliphatic carbocycles. The average molecular weight is 785 g/mol. The second-order valence-corrected chi connectivity index (χ2v) is 15.4. The van der Waals surface area contributed by atoms with Crippen LogP contribution in [-0.2, 0) is 19.1 Å². The van der Waals surface area contributed by atoms with Crippen molar-refractivity contribution in [3.8, 4) is 11.5 Å². The van der Waals surface area contributed by atoms with E-state index in [1.54, 1.807) is 0 Å². The van der Waals surface area contributed by atoms with Crippen LogP contribution in [0.2, 0.25) is 30.1 Å². The second-order valence-electron chi connectivity index (χ2n) is 13.0. The Balaban J connectivity index is 1.51. The van der Waals surface area contributed by atoms with Crippen LogP contribution >= 0.6 is 69.6 Å². The van der Waals surface area contributed by atoms with Crippen LogP contribution in [0.5, 0.6) is 11.5 Å². The van der Waals surface area contributed by atoms with E-state index in [-0.39, 0.29) is 54.2 Å². The van der Waals surface area contributed by atoms with Gasteiger partial charge in [-0.1, -0.05) is 110 Å². The zero-order valence-electron chi connectivity index (χ0n) is 26.9. The summed E-state index contributed by atoms with van der Waals surface area (Å²) >= 11 is 37.6. The average Bonchev–Trinajstić information content (AvgIpc) is 2.96. The van der Waals surface area contributed by atoms with E-state index in [4.69, 9.17) is 88.6 Å². The number of carbonyl (C=O) groups excluding carboxylic acids is 4. The highest BCUT2D eigenvalue weighted by Gasteiger charge is 2.41. The van der Waals surface area contributed by atoms with Gasteiger partial charge in [-0.15, -0.1) is 0 Å². The summed E-state index contributed by atoms with van der Waals surface area (Å²) in [5, 5.41) is -1.45. The van der Waals surface area contributed by atoms with Crippen LogP contribution in [0.4, 0.5) is 0 Å². The standard InChI is InChI=1S/C34H36Cl6O8/c1-17(2)33(7-5-8-33)11-13-45-29(41)23-25(39)19(35)15-21(37)27(23)47-31(43)32(44)48-28-22(38)16-20(36)26(40)24(28)30(42)46-14-12-34(18(3)4)9-6-10-34/h15-18H,5-14H2,1-4H3. The maximum Gasteiger partial charge on any atom is 0.423 e. The Hall–Kier alpha value is -1.94. The Morgan fingerprint density at radius 1 is 0.604 bits per heavy atom. The third-order valence-electron chi connectivity index (χ3n) is 10.0. The molecule has 0 amide bonds. The fourth-order valence-corrected chi connectivity index (χ4v) is 7.76. The topological polar surface area (TPSA) is 105 Å². The molecule has 4 rings (SSSR count). The molecule has 0 saturated heterocycles. The SMILES string of the molecule is CC(C)C1(CCOC(=O)c2c(Cl)c(Cl)cc(Cl)c2OC(=O)C(=O)Oc2c(Cl)cc(Cl)c(Cl)c2C(=O)OCCC2(C(C)C)CCC2)CCC1. The maximum atomic E-state index is 13.2. The van der Waals surface area contributed by atoms with Gasteiger partial charge in [-0.3, -0.25) is 0 Å². The number of carbonyl (C=O) groups is 4. The number of halogens is 6. The van der Waals surface area contributed by atoms with Crippen molar-refractivity contribution in [1.29, 1.82) is 0 Å². The molecule has 2 aromatic carbocycles. The van der Waals surface area contributed by atoms with Crippen molar-refractivity contribution < 1.29 is 38.1 Å². The van der Waals surface area contributed by atoms with Crippen molar-refractivity contribution in [2.45, 2.75) is 79.1 Å². The molecule has 262 valence electrons. The van der Waals surface area contributed by atoms with Crippen LogP contribution in [0.25, 0.3) is 0 Å². The van der Waals surface area contributed by atoms with Gasteiger partial charge in [0.25, 0.3) is 0 Å². The fourth-order valence-electron chi connectivity index (χ4n) is 6.32. The third kappa shape index (κ3) is 8.16. The minimum absolute atomic E-state index is 0.0685. The van der Waals surface area contributed by atoms with E-state index < -0.39 is 46.5 Å². The van der Waals surface area contributed by atoms with Gasteiger partial charge in [-0.05, 0) is 73.3 Å². The number of hydrogen-bond donors (Lipinski definition) is 0. The quantitative estimate of drug-likeness (QED) is 0.0907. The lowest BCUT2D eigenvalue weighted by Crippen LogP contribution is -2.36. The van der Waals surface area contributed by atoms with Crippen LogP contribution in [0.3, 0.4) is 0 Å².